The van der Waals surface area contributed by atoms with Gasteiger partial charge in [-0.1, -0.05) is 28.1 Å². The van der Waals surface area contributed by atoms with Crippen LogP contribution in [0.1, 0.15) is 10.4 Å². The molecule has 0 fully saturated rings. The zero-order valence-electron chi connectivity index (χ0n) is 9.42. The molecule has 1 aromatic heterocycles. The molecular weight excluding hydrogens is 300 g/mol. The number of ether oxygens (including phenoxy) is 1. The fraction of sp³-hybridized carbons (Fsp3) is 0.0833. The average Bonchev–Trinajstić information content (AvgIpc) is 2.38. The fourth-order valence-electron chi connectivity index (χ4n) is 1.47. The van der Waals surface area contributed by atoms with E-state index in [0.29, 0.717) is 5.69 Å². The zero-order chi connectivity index (χ0) is 13.1. The van der Waals surface area contributed by atoms with Crippen LogP contribution in [0, 0.1) is 0 Å². The number of carbonyl (C=O) groups is 1. The maximum absolute atomic E-state index is 11.1. The summed E-state index contributed by atoms with van der Waals surface area (Å²) in [7, 11) is 1.36. The number of carboxylic acid groups (broad SMARTS) is 1. The molecule has 0 aliphatic heterocycles. The van der Waals surface area contributed by atoms with Gasteiger partial charge < -0.3 is 9.84 Å². The number of methoxy groups -OCH3 is 1. The molecule has 5 nitrogen and oxygen atoms in total. The van der Waals surface area contributed by atoms with Crippen LogP contribution in [0.25, 0.3) is 11.3 Å². The Balaban J connectivity index is 2.53. The van der Waals surface area contributed by atoms with Crippen LogP contribution >= 0.6 is 15.9 Å². The van der Waals surface area contributed by atoms with Gasteiger partial charge in [-0.25, -0.2) is 4.79 Å². The number of carboxylic acids is 1. The minimum absolute atomic E-state index is 0.00115. The first-order chi connectivity index (χ1) is 8.61. The second-order valence-electron chi connectivity index (χ2n) is 3.47. The van der Waals surface area contributed by atoms with Gasteiger partial charge in [-0.2, -0.15) is 0 Å². The van der Waals surface area contributed by atoms with Gasteiger partial charge in [0.05, 0.1) is 12.8 Å². The first-order valence-electron chi connectivity index (χ1n) is 5.03. The highest BCUT2D eigenvalue weighted by Crippen LogP contribution is 2.24. The van der Waals surface area contributed by atoms with Gasteiger partial charge in [0.25, 0.3) is 0 Å². The summed E-state index contributed by atoms with van der Waals surface area (Å²) in [5.41, 5.74) is 1.25. The molecule has 0 saturated heterocycles. The standard InChI is InChI=1S/C12H9BrN2O3/c1-18-11-9(12(16)17)6-10(14-15-11)7-3-2-4-8(13)5-7/h2-6H,1H3,(H,16,17). The van der Waals surface area contributed by atoms with E-state index in [0.717, 1.165) is 10.0 Å². The van der Waals surface area contributed by atoms with Crippen LogP contribution in [0.15, 0.2) is 34.8 Å². The molecule has 2 rings (SSSR count). The first kappa shape index (κ1) is 12.5. The van der Waals surface area contributed by atoms with Crippen molar-refractivity contribution in [3.05, 3.63) is 40.4 Å². The van der Waals surface area contributed by atoms with Crippen molar-refractivity contribution in [1.82, 2.24) is 10.2 Å². The molecule has 2 aromatic rings. The smallest absolute Gasteiger partial charge is 0.341 e. The third-order valence-corrected chi connectivity index (χ3v) is 2.80. The van der Waals surface area contributed by atoms with E-state index in [1.54, 1.807) is 0 Å². The highest BCUT2D eigenvalue weighted by atomic mass is 79.9. The van der Waals surface area contributed by atoms with Gasteiger partial charge in [0.15, 0.2) is 0 Å². The van der Waals surface area contributed by atoms with E-state index >= 15 is 0 Å². The number of halogens is 1. The van der Waals surface area contributed by atoms with Gasteiger partial charge in [0.1, 0.15) is 5.56 Å². The van der Waals surface area contributed by atoms with Crippen molar-refractivity contribution in [2.24, 2.45) is 0 Å². The van der Waals surface area contributed by atoms with Crippen LogP contribution in [0.3, 0.4) is 0 Å². The molecule has 0 radical (unpaired) electrons. The van der Waals surface area contributed by atoms with E-state index in [1.165, 1.54) is 13.2 Å². The van der Waals surface area contributed by atoms with Crippen molar-refractivity contribution < 1.29 is 14.6 Å². The van der Waals surface area contributed by atoms with Crippen LogP contribution < -0.4 is 4.74 Å². The molecule has 0 bridgehead atoms. The van der Waals surface area contributed by atoms with Crippen molar-refractivity contribution in [2.75, 3.05) is 7.11 Å². The number of nitrogens with zero attached hydrogens (tertiary/aromatic N) is 2. The van der Waals surface area contributed by atoms with Crippen molar-refractivity contribution >= 4 is 21.9 Å². The molecule has 6 heteroatoms. The van der Waals surface area contributed by atoms with Gasteiger partial charge in [-0.15, -0.1) is 10.2 Å². The monoisotopic (exact) mass is 308 g/mol. The normalized spacial score (nSPS) is 10.1. The topological polar surface area (TPSA) is 72.3 Å². The Hall–Kier alpha value is -1.95. The largest absolute Gasteiger partial charge is 0.479 e. The molecule has 0 aliphatic rings. The Morgan fingerprint density at radius 3 is 2.72 bits per heavy atom. The van der Waals surface area contributed by atoms with Crippen LogP contribution in [-0.4, -0.2) is 28.4 Å². The molecule has 0 unspecified atom stereocenters. The summed E-state index contributed by atoms with van der Waals surface area (Å²) < 4.78 is 5.74. The third kappa shape index (κ3) is 2.48. The molecule has 0 aliphatic carbocycles. The number of aromatic carboxylic acids is 1. The van der Waals surface area contributed by atoms with Gasteiger partial charge >= 0.3 is 5.97 Å². The maximum atomic E-state index is 11.1. The van der Waals surface area contributed by atoms with E-state index in [-0.39, 0.29) is 11.4 Å². The van der Waals surface area contributed by atoms with E-state index in [2.05, 4.69) is 26.1 Å². The summed E-state index contributed by atoms with van der Waals surface area (Å²) in [4.78, 5) is 11.1. The predicted molar refractivity (Wildman–Crippen MR) is 68.7 cm³/mol. The van der Waals surface area contributed by atoms with Crippen LogP contribution in [0.2, 0.25) is 0 Å². The molecule has 1 heterocycles. The molecule has 18 heavy (non-hydrogen) atoms. The lowest BCUT2D eigenvalue weighted by molar-refractivity contribution is 0.0692. The molecule has 0 atom stereocenters. The number of rotatable bonds is 3. The maximum Gasteiger partial charge on any atom is 0.341 e. The van der Waals surface area contributed by atoms with Crippen LogP contribution in [0.4, 0.5) is 0 Å². The third-order valence-electron chi connectivity index (χ3n) is 2.30. The van der Waals surface area contributed by atoms with Crippen LogP contribution in [-0.2, 0) is 0 Å². The lowest BCUT2D eigenvalue weighted by Crippen LogP contribution is -2.04. The minimum Gasteiger partial charge on any atom is -0.479 e. The molecule has 0 spiro atoms. The summed E-state index contributed by atoms with van der Waals surface area (Å²) in [5.74, 6) is -1.10. The summed E-state index contributed by atoms with van der Waals surface area (Å²) >= 11 is 3.35. The summed E-state index contributed by atoms with van der Waals surface area (Å²) in [6.07, 6.45) is 0. The van der Waals surface area contributed by atoms with Crippen molar-refractivity contribution in [3.63, 3.8) is 0 Å². The van der Waals surface area contributed by atoms with E-state index < -0.39 is 5.97 Å². The van der Waals surface area contributed by atoms with Crippen molar-refractivity contribution in [3.8, 4) is 17.1 Å². The number of benzene rings is 1. The number of aromatic nitrogens is 2. The number of hydrogen-bond acceptors (Lipinski definition) is 4. The molecule has 1 N–H and O–H groups in total. The Kier molecular flexibility index (Phi) is 3.57. The molecule has 1 aromatic carbocycles. The van der Waals surface area contributed by atoms with Gasteiger partial charge in [0.2, 0.25) is 5.88 Å². The lowest BCUT2D eigenvalue weighted by Gasteiger charge is -2.05. The van der Waals surface area contributed by atoms with Gasteiger partial charge in [-0.3, -0.25) is 0 Å². The fourth-order valence-corrected chi connectivity index (χ4v) is 1.87. The SMILES string of the molecule is COc1nnc(-c2cccc(Br)c2)cc1C(=O)O. The van der Waals surface area contributed by atoms with Crippen LogP contribution in [0.5, 0.6) is 5.88 Å². The Morgan fingerprint density at radius 1 is 1.33 bits per heavy atom. The quantitative estimate of drug-likeness (QED) is 0.943. The molecular formula is C12H9BrN2O3. The summed E-state index contributed by atoms with van der Waals surface area (Å²) in [5, 5.41) is 16.8. The molecule has 0 saturated carbocycles. The van der Waals surface area contributed by atoms with Crippen molar-refractivity contribution in [2.45, 2.75) is 0 Å². The van der Waals surface area contributed by atoms with Gasteiger partial charge in [-0.05, 0) is 18.2 Å². The zero-order valence-corrected chi connectivity index (χ0v) is 11.0. The number of hydrogen-bond donors (Lipinski definition) is 1. The predicted octanol–water partition coefficient (Wildman–Crippen LogP) is 2.61. The highest BCUT2D eigenvalue weighted by molar-refractivity contribution is 9.10. The Morgan fingerprint density at radius 2 is 2.11 bits per heavy atom. The highest BCUT2D eigenvalue weighted by Gasteiger charge is 2.15. The second-order valence-corrected chi connectivity index (χ2v) is 4.38. The average molecular weight is 309 g/mol. The summed E-state index contributed by atoms with van der Waals surface area (Å²) in [6.45, 7) is 0. The molecule has 92 valence electrons. The van der Waals surface area contributed by atoms with E-state index in [4.69, 9.17) is 9.84 Å². The Labute approximate surface area is 112 Å². The van der Waals surface area contributed by atoms with Crippen molar-refractivity contribution in [1.29, 1.82) is 0 Å². The summed E-state index contributed by atoms with van der Waals surface area (Å²) in [6, 6.07) is 8.81. The Bertz CT molecular complexity index is 602. The first-order valence-corrected chi connectivity index (χ1v) is 5.82. The lowest BCUT2D eigenvalue weighted by atomic mass is 10.1. The van der Waals surface area contributed by atoms with Gasteiger partial charge in [0, 0.05) is 10.0 Å². The second kappa shape index (κ2) is 5.14. The molecule has 0 amide bonds. The minimum atomic E-state index is -1.10. The van der Waals surface area contributed by atoms with E-state index in [1.807, 2.05) is 24.3 Å². The van der Waals surface area contributed by atoms with E-state index in [9.17, 15) is 4.79 Å².